The van der Waals surface area contributed by atoms with Gasteiger partial charge in [-0.25, -0.2) is 0 Å². The molecule has 1 aliphatic carbocycles. The molecule has 1 fully saturated rings. The van der Waals surface area contributed by atoms with Crippen LogP contribution >= 0.6 is 0 Å². The average Bonchev–Trinajstić information content (AvgIpc) is 2.84. The summed E-state index contributed by atoms with van der Waals surface area (Å²) in [6.45, 7) is 6.61. The van der Waals surface area contributed by atoms with E-state index in [0.717, 1.165) is 0 Å². The van der Waals surface area contributed by atoms with Crippen LogP contribution in [0.25, 0.3) is 0 Å². The fraction of sp³-hybridized carbons (Fsp3) is 0.650. The van der Waals surface area contributed by atoms with Crippen LogP contribution in [0.5, 0.6) is 17.2 Å². The third-order valence-electron chi connectivity index (χ3n) is 6.39. The minimum Gasteiger partial charge on any atom is -0.507 e. The molecule has 1 aromatic rings. The second-order valence-corrected chi connectivity index (χ2v) is 7.91. The molecule has 2 aliphatic rings. The van der Waals surface area contributed by atoms with Crippen molar-refractivity contribution in [3.05, 3.63) is 16.7 Å². The number of carbonyl (C=O) groups is 1. The van der Waals surface area contributed by atoms with Crippen molar-refractivity contribution in [1.29, 1.82) is 0 Å². The molecule has 1 aromatic carbocycles. The fourth-order valence-electron chi connectivity index (χ4n) is 4.87. The zero-order valence-electron chi connectivity index (χ0n) is 16.6. The van der Waals surface area contributed by atoms with E-state index in [4.69, 9.17) is 14.2 Å². The number of phenols is 1. The van der Waals surface area contributed by atoms with Crippen LogP contribution in [0, 0.1) is 12.8 Å². The molecule has 3 N–H and O–H groups in total. The standard InChI is InChI=1S/C20H28O7/c1-9-16(24)14(11(3)22)18-15(17(9)25-5)19(4)7-12(10(2)21)13(23)8-20(19,26-6)27-18/h10,12-13,21,23-24H,7-8H2,1-6H3/t10-,12-,13-,19-,20-/m0/s1. The molecule has 0 bridgehead atoms. The maximum atomic E-state index is 12.3. The number of benzene rings is 1. The zero-order valence-corrected chi connectivity index (χ0v) is 16.6. The van der Waals surface area contributed by atoms with Gasteiger partial charge in [0.2, 0.25) is 5.79 Å². The van der Waals surface area contributed by atoms with E-state index in [-0.39, 0.29) is 29.3 Å². The highest BCUT2D eigenvalue weighted by atomic mass is 16.7. The van der Waals surface area contributed by atoms with E-state index >= 15 is 0 Å². The third kappa shape index (κ3) is 2.48. The fourth-order valence-corrected chi connectivity index (χ4v) is 4.87. The molecule has 0 saturated heterocycles. The van der Waals surface area contributed by atoms with Crippen molar-refractivity contribution in [2.45, 2.75) is 63.9 Å². The predicted molar refractivity (Wildman–Crippen MR) is 97.5 cm³/mol. The molecular formula is C20H28O7. The second-order valence-electron chi connectivity index (χ2n) is 7.91. The van der Waals surface area contributed by atoms with Gasteiger partial charge in [-0.3, -0.25) is 4.79 Å². The Bertz CT molecular complexity index is 787. The summed E-state index contributed by atoms with van der Waals surface area (Å²) in [7, 11) is 2.99. The number of rotatable bonds is 4. The van der Waals surface area contributed by atoms with Crippen LogP contribution in [-0.2, 0) is 10.2 Å². The van der Waals surface area contributed by atoms with Crippen molar-refractivity contribution in [3.63, 3.8) is 0 Å². The molecule has 3 rings (SSSR count). The predicted octanol–water partition coefficient (Wildman–Crippen LogP) is 2.06. The minimum absolute atomic E-state index is 0.0819. The highest BCUT2D eigenvalue weighted by Gasteiger charge is 2.65. The molecule has 0 unspecified atom stereocenters. The number of aliphatic hydroxyl groups excluding tert-OH is 2. The summed E-state index contributed by atoms with van der Waals surface area (Å²) >= 11 is 0. The molecule has 0 aromatic heterocycles. The molecule has 27 heavy (non-hydrogen) atoms. The number of carbonyl (C=O) groups excluding carboxylic acids is 1. The lowest BCUT2D eigenvalue weighted by Crippen LogP contribution is -2.60. The van der Waals surface area contributed by atoms with Crippen LogP contribution in [-0.4, -0.2) is 53.3 Å². The summed E-state index contributed by atoms with van der Waals surface area (Å²) in [6.07, 6.45) is -1.09. The van der Waals surface area contributed by atoms with E-state index < -0.39 is 29.3 Å². The Hall–Kier alpha value is -1.83. The van der Waals surface area contributed by atoms with Crippen molar-refractivity contribution in [1.82, 2.24) is 0 Å². The monoisotopic (exact) mass is 380 g/mol. The van der Waals surface area contributed by atoms with E-state index in [0.29, 0.717) is 23.3 Å². The molecule has 7 nitrogen and oxygen atoms in total. The number of phenolic OH excluding ortho intramolecular Hbond substituents is 1. The normalized spacial score (nSPS) is 33.0. The van der Waals surface area contributed by atoms with E-state index in [1.54, 1.807) is 13.8 Å². The first-order valence-corrected chi connectivity index (χ1v) is 9.09. The van der Waals surface area contributed by atoms with Crippen LogP contribution in [0.2, 0.25) is 0 Å². The van der Waals surface area contributed by atoms with E-state index in [1.165, 1.54) is 21.1 Å². The second kappa shape index (κ2) is 6.36. The van der Waals surface area contributed by atoms with E-state index in [1.807, 2.05) is 6.92 Å². The smallest absolute Gasteiger partial charge is 0.222 e. The van der Waals surface area contributed by atoms with Crippen molar-refractivity contribution >= 4 is 5.78 Å². The first-order chi connectivity index (χ1) is 12.5. The number of ether oxygens (including phenoxy) is 3. The number of hydrogen-bond acceptors (Lipinski definition) is 7. The first kappa shape index (κ1) is 19.9. The maximum absolute atomic E-state index is 12.3. The van der Waals surface area contributed by atoms with Crippen LogP contribution in [0.4, 0.5) is 0 Å². The lowest BCUT2D eigenvalue weighted by molar-refractivity contribution is -0.242. The van der Waals surface area contributed by atoms with E-state index in [9.17, 15) is 20.1 Å². The molecule has 1 aliphatic heterocycles. The van der Waals surface area contributed by atoms with Crippen LogP contribution in [0.3, 0.4) is 0 Å². The summed E-state index contributed by atoms with van der Waals surface area (Å²) in [5.74, 6) is -1.50. The Labute approximate surface area is 158 Å². The van der Waals surface area contributed by atoms with Gasteiger partial charge in [-0.1, -0.05) is 0 Å². The van der Waals surface area contributed by atoms with E-state index in [2.05, 4.69) is 0 Å². The molecule has 1 heterocycles. The van der Waals surface area contributed by atoms with Gasteiger partial charge in [0.15, 0.2) is 5.78 Å². The largest absolute Gasteiger partial charge is 0.507 e. The summed E-state index contributed by atoms with van der Waals surface area (Å²) in [4.78, 5) is 12.3. The van der Waals surface area contributed by atoms with Crippen LogP contribution < -0.4 is 9.47 Å². The van der Waals surface area contributed by atoms with Gasteiger partial charge < -0.3 is 29.5 Å². The summed E-state index contributed by atoms with van der Waals surface area (Å²) in [6, 6.07) is 0. The number of hydrogen-bond donors (Lipinski definition) is 3. The van der Waals surface area contributed by atoms with Gasteiger partial charge in [0, 0.05) is 25.0 Å². The molecule has 1 saturated carbocycles. The van der Waals surface area contributed by atoms with Crippen molar-refractivity contribution < 1.29 is 34.3 Å². The number of fused-ring (bicyclic) bond motifs is 3. The van der Waals surface area contributed by atoms with Gasteiger partial charge in [-0.15, -0.1) is 0 Å². The number of aromatic hydroxyl groups is 1. The first-order valence-electron chi connectivity index (χ1n) is 9.09. The highest BCUT2D eigenvalue weighted by molar-refractivity contribution is 6.01. The Morgan fingerprint density at radius 2 is 1.96 bits per heavy atom. The molecular weight excluding hydrogens is 352 g/mol. The van der Waals surface area contributed by atoms with Gasteiger partial charge in [0.05, 0.1) is 30.3 Å². The molecule has 7 heteroatoms. The van der Waals surface area contributed by atoms with Crippen molar-refractivity contribution in [2.24, 2.45) is 5.92 Å². The Morgan fingerprint density at radius 1 is 1.33 bits per heavy atom. The van der Waals surface area contributed by atoms with Gasteiger partial charge in [0.25, 0.3) is 0 Å². The molecule has 0 radical (unpaired) electrons. The van der Waals surface area contributed by atoms with Gasteiger partial charge >= 0.3 is 0 Å². The number of methoxy groups -OCH3 is 2. The van der Waals surface area contributed by atoms with Crippen molar-refractivity contribution in [3.8, 4) is 17.2 Å². The van der Waals surface area contributed by atoms with Gasteiger partial charge in [-0.2, -0.15) is 0 Å². The summed E-state index contributed by atoms with van der Waals surface area (Å²) in [5.41, 5.74) is 0.354. The van der Waals surface area contributed by atoms with Crippen LogP contribution in [0.1, 0.15) is 55.1 Å². The Morgan fingerprint density at radius 3 is 2.44 bits per heavy atom. The quantitative estimate of drug-likeness (QED) is 0.687. The maximum Gasteiger partial charge on any atom is 0.222 e. The van der Waals surface area contributed by atoms with Crippen LogP contribution in [0.15, 0.2) is 0 Å². The number of aliphatic hydroxyl groups is 2. The Balaban J connectivity index is 2.35. The zero-order chi connectivity index (χ0) is 20.3. The average molecular weight is 380 g/mol. The number of Topliss-reactive ketones (excluding diaryl/α,β-unsaturated/α-hetero) is 1. The molecule has 5 atom stereocenters. The Kier molecular flexibility index (Phi) is 4.69. The van der Waals surface area contributed by atoms with Gasteiger partial charge in [0.1, 0.15) is 22.8 Å². The summed E-state index contributed by atoms with van der Waals surface area (Å²) < 4.78 is 17.6. The van der Waals surface area contributed by atoms with Gasteiger partial charge in [-0.05, 0) is 34.1 Å². The molecule has 0 amide bonds. The lowest BCUT2D eigenvalue weighted by atomic mass is 9.61. The third-order valence-corrected chi connectivity index (χ3v) is 6.39. The minimum atomic E-state index is -1.24. The van der Waals surface area contributed by atoms with Crippen molar-refractivity contribution in [2.75, 3.05) is 14.2 Å². The lowest BCUT2D eigenvalue weighted by Gasteiger charge is -2.49. The molecule has 0 spiro atoms. The topological polar surface area (TPSA) is 105 Å². The summed E-state index contributed by atoms with van der Waals surface area (Å²) in [5, 5.41) is 31.4. The molecule has 150 valence electrons. The highest BCUT2D eigenvalue weighted by Crippen LogP contribution is 2.63. The SMILES string of the molecule is COc1c(C)c(O)c(C(C)=O)c2c1[C@]1(C)C[C@@H]([C@H](C)O)[C@@H](O)C[C@]1(OC)O2. The number of ketones is 1.